The summed E-state index contributed by atoms with van der Waals surface area (Å²) in [6.07, 6.45) is 0. The Kier molecular flexibility index (Phi) is 8.47. The van der Waals surface area contributed by atoms with E-state index < -0.39 is 17.7 Å². The van der Waals surface area contributed by atoms with Gasteiger partial charge in [-0.05, 0) is 19.1 Å². The van der Waals surface area contributed by atoms with Crippen molar-refractivity contribution < 1.29 is 28.5 Å². The maximum Gasteiger partial charge on any atom is 0.258 e. The number of ether oxygens (including phenoxy) is 4. The summed E-state index contributed by atoms with van der Waals surface area (Å²) in [5, 5.41) is 11.0. The molecule has 2 aromatic carbocycles. The minimum atomic E-state index is -1.44. The molecule has 2 aromatic rings. The van der Waals surface area contributed by atoms with E-state index >= 15 is 0 Å². The van der Waals surface area contributed by atoms with Crippen LogP contribution in [0.2, 0.25) is 10.0 Å². The molecule has 0 bridgehead atoms. The summed E-state index contributed by atoms with van der Waals surface area (Å²) < 4.78 is 20.8. The van der Waals surface area contributed by atoms with Crippen molar-refractivity contribution in [3.05, 3.63) is 34.3 Å². The third kappa shape index (κ3) is 5.77. The van der Waals surface area contributed by atoms with Gasteiger partial charge in [-0.15, -0.1) is 0 Å². The van der Waals surface area contributed by atoms with Gasteiger partial charge in [0.25, 0.3) is 5.91 Å². The van der Waals surface area contributed by atoms with Crippen molar-refractivity contribution in [2.75, 3.05) is 33.8 Å². The Bertz CT molecular complexity index is 1010. The number of benzene rings is 2. The summed E-state index contributed by atoms with van der Waals surface area (Å²) >= 11 is 12.2. The van der Waals surface area contributed by atoms with Crippen molar-refractivity contribution in [2.45, 2.75) is 13.0 Å². The van der Waals surface area contributed by atoms with Gasteiger partial charge in [-0.3, -0.25) is 9.59 Å². The van der Waals surface area contributed by atoms with E-state index in [2.05, 4.69) is 15.5 Å². The van der Waals surface area contributed by atoms with Crippen LogP contribution >= 0.6 is 23.2 Å². The number of Topliss-reactive ketones (excluding diaryl/α,β-unsaturated/α-hetero) is 1. The Morgan fingerprint density at radius 1 is 0.903 bits per heavy atom. The molecule has 0 spiro atoms. The number of ketones is 1. The molecule has 11 heteroatoms. The largest absolute Gasteiger partial charge is 0.495 e. The number of hydrogen-bond acceptors (Lipinski definition) is 8. The molecular formula is C20H21Cl2N3O6. The lowest BCUT2D eigenvalue weighted by Gasteiger charge is -2.15. The smallest absolute Gasteiger partial charge is 0.258 e. The van der Waals surface area contributed by atoms with Gasteiger partial charge in [0.05, 0.1) is 39.1 Å². The molecule has 1 atom stereocenters. The van der Waals surface area contributed by atoms with Crippen LogP contribution in [0.3, 0.4) is 0 Å². The summed E-state index contributed by atoms with van der Waals surface area (Å²) in [7, 11) is 5.72. The minimum Gasteiger partial charge on any atom is -0.495 e. The quantitative estimate of drug-likeness (QED) is 0.420. The Labute approximate surface area is 189 Å². The molecule has 0 heterocycles. The van der Waals surface area contributed by atoms with Gasteiger partial charge in [0.1, 0.15) is 17.2 Å². The summed E-state index contributed by atoms with van der Waals surface area (Å²) in [6, 6.07) is 4.50. The molecule has 0 aliphatic rings. The van der Waals surface area contributed by atoms with Crippen LogP contribution in [-0.4, -0.2) is 46.2 Å². The van der Waals surface area contributed by atoms with Gasteiger partial charge in [-0.1, -0.05) is 23.2 Å². The van der Waals surface area contributed by atoms with Crippen LogP contribution in [-0.2, 0) is 9.59 Å². The minimum absolute atomic E-state index is 0.211. The van der Waals surface area contributed by atoms with Gasteiger partial charge in [-0.2, -0.15) is 10.2 Å². The second-order valence-corrected chi connectivity index (χ2v) is 6.91. The number of hydrogen-bond donors (Lipinski definition) is 1. The predicted octanol–water partition coefficient (Wildman–Crippen LogP) is 4.71. The molecule has 1 unspecified atom stereocenters. The van der Waals surface area contributed by atoms with E-state index in [-0.39, 0.29) is 22.1 Å². The molecule has 0 aliphatic carbocycles. The van der Waals surface area contributed by atoms with Crippen molar-refractivity contribution >= 4 is 46.3 Å². The summed E-state index contributed by atoms with van der Waals surface area (Å²) in [4.78, 5) is 24.9. The van der Waals surface area contributed by atoms with Crippen LogP contribution in [0.5, 0.6) is 23.0 Å². The van der Waals surface area contributed by atoms with E-state index in [9.17, 15) is 9.59 Å². The molecule has 9 nitrogen and oxygen atoms in total. The van der Waals surface area contributed by atoms with Gasteiger partial charge in [-0.25, -0.2) is 0 Å². The highest BCUT2D eigenvalue weighted by Gasteiger charge is 2.25. The molecule has 0 fully saturated rings. The summed E-state index contributed by atoms with van der Waals surface area (Å²) in [5.41, 5.74) is 0.428. The van der Waals surface area contributed by atoms with E-state index in [4.69, 9.17) is 42.1 Å². The molecule has 0 saturated heterocycles. The van der Waals surface area contributed by atoms with E-state index in [0.717, 1.165) is 0 Å². The first kappa shape index (κ1) is 24.2. The van der Waals surface area contributed by atoms with Gasteiger partial charge in [0.2, 0.25) is 6.04 Å². The SMILES string of the molecule is COc1cc(OC)c(N=NC(C(C)=O)C(=O)Nc2cc(Cl)cc(OC)c2OC)cc1Cl. The third-order valence-corrected chi connectivity index (χ3v) is 4.58. The van der Waals surface area contributed by atoms with Crippen molar-refractivity contribution in [1.82, 2.24) is 0 Å². The number of carbonyl (C=O) groups is 2. The van der Waals surface area contributed by atoms with Crippen LogP contribution in [0, 0.1) is 0 Å². The fourth-order valence-corrected chi connectivity index (χ4v) is 3.03. The number of halogens is 2. The second kappa shape index (κ2) is 10.8. The zero-order chi connectivity index (χ0) is 23.1. The molecule has 166 valence electrons. The lowest BCUT2D eigenvalue weighted by molar-refractivity contribution is -0.126. The molecule has 1 amide bonds. The first-order valence-electron chi connectivity index (χ1n) is 8.80. The molecule has 2 rings (SSSR count). The highest BCUT2D eigenvalue weighted by molar-refractivity contribution is 6.32. The van der Waals surface area contributed by atoms with Gasteiger partial charge < -0.3 is 24.3 Å². The normalized spacial score (nSPS) is 11.7. The van der Waals surface area contributed by atoms with Crippen LogP contribution in [0.4, 0.5) is 11.4 Å². The van der Waals surface area contributed by atoms with E-state index in [1.807, 2.05) is 0 Å². The lowest BCUT2D eigenvalue weighted by Crippen LogP contribution is -2.32. The Morgan fingerprint density at radius 3 is 2.10 bits per heavy atom. The van der Waals surface area contributed by atoms with E-state index in [0.29, 0.717) is 22.3 Å². The third-order valence-electron chi connectivity index (χ3n) is 4.07. The topological polar surface area (TPSA) is 108 Å². The van der Waals surface area contributed by atoms with Gasteiger partial charge in [0.15, 0.2) is 17.3 Å². The zero-order valence-electron chi connectivity index (χ0n) is 17.5. The van der Waals surface area contributed by atoms with Gasteiger partial charge >= 0.3 is 0 Å². The maximum absolute atomic E-state index is 12.8. The molecule has 0 aromatic heterocycles. The summed E-state index contributed by atoms with van der Waals surface area (Å²) in [5.74, 6) is -0.0495. The fraction of sp³-hybridized carbons (Fsp3) is 0.300. The average Bonchev–Trinajstić information content (AvgIpc) is 2.73. The number of nitrogens with one attached hydrogen (secondary N) is 1. The number of rotatable bonds is 9. The number of azo groups is 1. The van der Waals surface area contributed by atoms with Crippen molar-refractivity contribution in [2.24, 2.45) is 10.2 Å². The monoisotopic (exact) mass is 469 g/mol. The second-order valence-electron chi connectivity index (χ2n) is 6.07. The fourth-order valence-electron chi connectivity index (χ4n) is 2.59. The number of amides is 1. The maximum atomic E-state index is 12.8. The van der Waals surface area contributed by atoms with Crippen molar-refractivity contribution in [3.63, 3.8) is 0 Å². The van der Waals surface area contributed by atoms with E-state index in [1.165, 1.54) is 59.6 Å². The Balaban J connectivity index is 2.36. The number of carbonyl (C=O) groups excluding carboxylic acids is 2. The molecule has 0 radical (unpaired) electrons. The van der Waals surface area contributed by atoms with Crippen molar-refractivity contribution in [1.29, 1.82) is 0 Å². The molecule has 0 aliphatic heterocycles. The van der Waals surface area contributed by atoms with Crippen LogP contribution in [0.1, 0.15) is 6.92 Å². The lowest BCUT2D eigenvalue weighted by atomic mass is 10.2. The molecule has 0 saturated carbocycles. The number of nitrogens with zero attached hydrogens (tertiary/aromatic N) is 2. The predicted molar refractivity (Wildman–Crippen MR) is 117 cm³/mol. The first-order valence-corrected chi connectivity index (χ1v) is 9.56. The molecule has 1 N–H and O–H groups in total. The Morgan fingerprint density at radius 2 is 1.55 bits per heavy atom. The Hall–Kier alpha value is -3.04. The van der Waals surface area contributed by atoms with Crippen LogP contribution in [0.15, 0.2) is 34.5 Å². The highest BCUT2D eigenvalue weighted by Crippen LogP contribution is 2.39. The number of methoxy groups -OCH3 is 4. The van der Waals surface area contributed by atoms with Crippen molar-refractivity contribution in [3.8, 4) is 23.0 Å². The number of anilines is 1. The van der Waals surface area contributed by atoms with Crippen LogP contribution < -0.4 is 24.3 Å². The first-order chi connectivity index (χ1) is 14.7. The standard InChI is InChI=1S/C20H21Cl2N3O6/c1-10(26)18(25-24-13-8-12(22)15(28-2)9-16(13)29-3)20(27)23-14-6-11(21)7-17(30-4)19(14)31-5/h6-9,18H,1-5H3,(H,23,27). The molecular weight excluding hydrogens is 449 g/mol. The van der Waals surface area contributed by atoms with E-state index in [1.54, 1.807) is 0 Å². The average molecular weight is 470 g/mol. The zero-order valence-corrected chi connectivity index (χ0v) is 19.0. The highest BCUT2D eigenvalue weighted by atomic mass is 35.5. The molecule has 31 heavy (non-hydrogen) atoms. The van der Waals surface area contributed by atoms with Gasteiger partial charge in [0, 0.05) is 17.2 Å². The van der Waals surface area contributed by atoms with Crippen LogP contribution in [0.25, 0.3) is 0 Å². The summed E-state index contributed by atoms with van der Waals surface area (Å²) in [6.45, 7) is 1.22.